The molecule has 0 fully saturated rings. The molecule has 2 rings (SSSR count). The van der Waals surface area contributed by atoms with Gasteiger partial charge < -0.3 is 4.74 Å². The molecule has 0 atom stereocenters. The van der Waals surface area contributed by atoms with E-state index in [1.54, 1.807) is 24.3 Å². The smallest absolute Gasteiger partial charge is 0.421 e. The van der Waals surface area contributed by atoms with Crippen LogP contribution in [0.2, 0.25) is 5.02 Å². The number of ether oxygens (including phenoxy) is 1. The first kappa shape index (κ1) is 14.3. The minimum atomic E-state index is -0.558. The number of nitrogens with zero attached hydrogens (tertiary/aromatic N) is 3. The minimum Gasteiger partial charge on any atom is -0.452 e. The molecule has 0 aliphatic rings. The number of hydrogen-bond acceptors (Lipinski definition) is 4. The Labute approximate surface area is 122 Å². The number of benzene rings is 1. The third-order valence-electron chi connectivity index (χ3n) is 2.61. The highest BCUT2D eigenvalue weighted by Crippen LogP contribution is 2.25. The molecule has 20 heavy (non-hydrogen) atoms. The molecule has 0 bridgehead atoms. The predicted molar refractivity (Wildman–Crippen MR) is 77.5 cm³/mol. The van der Waals surface area contributed by atoms with Crippen molar-refractivity contribution in [1.82, 2.24) is 9.97 Å². The van der Waals surface area contributed by atoms with Crippen LogP contribution in [0.5, 0.6) is 0 Å². The largest absolute Gasteiger partial charge is 0.452 e. The third kappa shape index (κ3) is 3.05. The van der Waals surface area contributed by atoms with Crippen LogP contribution in [0.15, 0.2) is 30.3 Å². The van der Waals surface area contributed by atoms with E-state index >= 15 is 0 Å². The van der Waals surface area contributed by atoms with Crippen LogP contribution in [0.25, 0.3) is 0 Å². The van der Waals surface area contributed by atoms with Crippen LogP contribution < -0.4 is 4.90 Å². The normalized spacial score (nSPS) is 10.2. The van der Waals surface area contributed by atoms with Gasteiger partial charge in [0.1, 0.15) is 0 Å². The van der Waals surface area contributed by atoms with Crippen LogP contribution >= 0.6 is 11.6 Å². The monoisotopic (exact) mass is 291 g/mol. The molecule has 0 spiro atoms. The predicted octanol–water partition coefficient (Wildman–Crippen LogP) is 3.65. The molecule has 6 heteroatoms. The van der Waals surface area contributed by atoms with Gasteiger partial charge in [-0.15, -0.1) is 0 Å². The second-order valence-corrected chi connectivity index (χ2v) is 4.67. The quantitative estimate of drug-likeness (QED) is 0.847. The number of carbonyl (C=O) groups is 1. The Hall–Kier alpha value is -2.14. The first-order valence-electron chi connectivity index (χ1n) is 5.97. The van der Waals surface area contributed by atoms with Gasteiger partial charge in [-0.05, 0) is 44.2 Å². The van der Waals surface area contributed by atoms with Gasteiger partial charge in [-0.25, -0.2) is 19.7 Å². The number of amides is 1. The molecule has 2 aromatic rings. The van der Waals surface area contributed by atoms with Gasteiger partial charge in [0.25, 0.3) is 0 Å². The molecule has 0 saturated heterocycles. The van der Waals surface area contributed by atoms with Crippen LogP contribution in [0.3, 0.4) is 0 Å². The number of aromatic nitrogens is 2. The van der Waals surface area contributed by atoms with Gasteiger partial charge in [0.05, 0.1) is 12.8 Å². The van der Waals surface area contributed by atoms with E-state index < -0.39 is 6.09 Å². The summed E-state index contributed by atoms with van der Waals surface area (Å²) in [5.41, 5.74) is 2.14. The van der Waals surface area contributed by atoms with Crippen molar-refractivity contribution >= 4 is 29.3 Å². The number of anilines is 2. The zero-order valence-electron chi connectivity index (χ0n) is 11.4. The Morgan fingerprint density at radius 3 is 2.20 bits per heavy atom. The number of methoxy groups -OCH3 is 1. The first-order chi connectivity index (χ1) is 9.51. The van der Waals surface area contributed by atoms with E-state index in [-0.39, 0.29) is 5.95 Å². The van der Waals surface area contributed by atoms with Crippen LogP contribution in [-0.2, 0) is 4.74 Å². The van der Waals surface area contributed by atoms with Crippen molar-refractivity contribution in [2.75, 3.05) is 12.0 Å². The highest BCUT2D eigenvalue weighted by atomic mass is 35.5. The van der Waals surface area contributed by atoms with Crippen LogP contribution in [0.1, 0.15) is 11.4 Å². The van der Waals surface area contributed by atoms with Gasteiger partial charge in [-0.3, -0.25) is 0 Å². The average molecular weight is 292 g/mol. The summed E-state index contributed by atoms with van der Waals surface area (Å²) in [6, 6.07) is 8.63. The Bertz CT molecular complexity index is 609. The molecule has 0 aliphatic carbocycles. The lowest BCUT2D eigenvalue weighted by atomic mass is 10.3. The summed E-state index contributed by atoms with van der Waals surface area (Å²) >= 11 is 5.86. The number of hydrogen-bond donors (Lipinski definition) is 0. The molecule has 0 N–H and O–H groups in total. The fourth-order valence-corrected chi connectivity index (χ4v) is 1.92. The summed E-state index contributed by atoms with van der Waals surface area (Å²) in [5, 5.41) is 0.583. The number of carbonyl (C=O) groups excluding carboxylic acids is 1. The zero-order chi connectivity index (χ0) is 14.7. The summed E-state index contributed by atoms with van der Waals surface area (Å²) < 4.78 is 4.81. The summed E-state index contributed by atoms with van der Waals surface area (Å²) in [5.74, 6) is 0.275. The van der Waals surface area contributed by atoms with E-state index in [9.17, 15) is 4.79 Å². The lowest BCUT2D eigenvalue weighted by molar-refractivity contribution is 0.181. The molecule has 0 unspecified atom stereocenters. The molecular formula is C14H14ClN3O2. The van der Waals surface area contributed by atoms with Crippen molar-refractivity contribution in [3.8, 4) is 0 Å². The van der Waals surface area contributed by atoms with Gasteiger partial charge in [0.2, 0.25) is 5.95 Å². The van der Waals surface area contributed by atoms with Gasteiger partial charge in [-0.1, -0.05) is 11.6 Å². The maximum atomic E-state index is 12.0. The van der Waals surface area contributed by atoms with Crippen molar-refractivity contribution in [1.29, 1.82) is 0 Å². The van der Waals surface area contributed by atoms with Crippen LogP contribution in [-0.4, -0.2) is 23.2 Å². The summed E-state index contributed by atoms with van der Waals surface area (Å²) in [6.07, 6.45) is -0.558. The Kier molecular flexibility index (Phi) is 4.20. The van der Waals surface area contributed by atoms with Crippen LogP contribution in [0.4, 0.5) is 16.4 Å². The SMILES string of the molecule is COC(=O)N(c1ccc(Cl)cc1)c1nc(C)cc(C)n1. The lowest BCUT2D eigenvalue weighted by Gasteiger charge is -2.19. The summed E-state index contributed by atoms with van der Waals surface area (Å²) in [7, 11) is 1.31. The molecule has 1 aromatic carbocycles. The van der Waals surface area contributed by atoms with E-state index in [4.69, 9.17) is 16.3 Å². The maximum Gasteiger partial charge on any atom is 0.421 e. The molecule has 1 aromatic heterocycles. The fraction of sp³-hybridized carbons (Fsp3) is 0.214. The molecular weight excluding hydrogens is 278 g/mol. The number of rotatable bonds is 2. The standard InChI is InChI=1S/C14H14ClN3O2/c1-9-8-10(2)17-13(16-9)18(14(19)20-3)12-6-4-11(15)5-7-12/h4-8H,1-3H3. The summed E-state index contributed by atoms with van der Waals surface area (Å²) in [6.45, 7) is 3.69. The number of aryl methyl sites for hydroxylation is 2. The molecule has 0 radical (unpaired) electrons. The molecule has 1 heterocycles. The van der Waals surface area contributed by atoms with Gasteiger partial charge in [0, 0.05) is 16.4 Å². The van der Waals surface area contributed by atoms with Crippen molar-refractivity contribution < 1.29 is 9.53 Å². The molecule has 0 aliphatic heterocycles. The van der Waals surface area contributed by atoms with Crippen molar-refractivity contribution in [2.45, 2.75) is 13.8 Å². The Morgan fingerprint density at radius 2 is 1.70 bits per heavy atom. The van der Waals surface area contributed by atoms with E-state index in [0.717, 1.165) is 11.4 Å². The van der Waals surface area contributed by atoms with E-state index in [1.165, 1.54) is 12.0 Å². The van der Waals surface area contributed by atoms with Gasteiger partial charge in [-0.2, -0.15) is 0 Å². The zero-order valence-corrected chi connectivity index (χ0v) is 12.2. The third-order valence-corrected chi connectivity index (χ3v) is 2.86. The van der Waals surface area contributed by atoms with E-state index in [2.05, 4.69) is 9.97 Å². The van der Waals surface area contributed by atoms with E-state index in [1.807, 2.05) is 19.9 Å². The lowest BCUT2D eigenvalue weighted by Crippen LogP contribution is -2.27. The van der Waals surface area contributed by atoms with Crippen LogP contribution in [0, 0.1) is 13.8 Å². The molecule has 5 nitrogen and oxygen atoms in total. The van der Waals surface area contributed by atoms with Gasteiger partial charge >= 0.3 is 6.09 Å². The topological polar surface area (TPSA) is 55.3 Å². The Balaban J connectivity index is 2.52. The van der Waals surface area contributed by atoms with Crippen molar-refractivity contribution in [3.05, 3.63) is 46.7 Å². The molecule has 1 amide bonds. The summed E-state index contributed by atoms with van der Waals surface area (Å²) in [4.78, 5) is 21.9. The second-order valence-electron chi connectivity index (χ2n) is 4.23. The maximum absolute atomic E-state index is 12.0. The minimum absolute atomic E-state index is 0.275. The van der Waals surface area contributed by atoms with Gasteiger partial charge in [0.15, 0.2) is 0 Å². The van der Waals surface area contributed by atoms with Crippen molar-refractivity contribution in [2.24, 2.45) is 0 Å². The van der Waals surface area contributed by atoms with E-state index in [0.29, 0.717) is 10.7 Å². The average Bonchev–Trinajstić information content (AvgIpc) is 2.40. The highest BCUT2D eigenvalue weighted by molar-refractivity contribution is 6.30. The second kappa shape index (κ2) is 5.88. The highest BCUT2D eigenvalue weighted by Gasteiger charge is 2.21. The molecule has 104 valence electrons. The van der Waals surface area contributed by atoms with Crippen molar-refractivity contribution in [3.63, 3.8) is 0 Å². The Morgan fingerprint density at radius 1 is 1.15 bits per heavy atom. The fourth-order valence-electron chi connectivity index (χ4n) is 1.79. The molecule has 0 saturated carbocycles. The first-order valence-corrected chi connectivity index (χ1v) is 6.35. The number of halogens is 1.